The lowest BCUT2D eigenvalue weighted by Gasteiger charge is -2.24. The van der Waals surface area contributed by atoms with Gasteiger partial charge in [0.05, 0.1) is 0 Å². The van der Waals surface area contributed by atoms with Crippen molar-refractivity contribution in [3.8, 4) is 0 Å². The maximum Gasteiger partial charge on any atom is 0.303 e. The van der Waals surface area contributed by atoms with Crippen LogP contribution in [-0.4, -0.2) is 69.1 Å². The molecule has 0 radical (unpaired) electrons. The molecule has 0 spiro atoms. The molecule has 0 saturated carbocycles. The third kappa shape index (κ3) is 12.3. The quantitative estimate of drug-likeness (QED) is 0.197. The average molecular weight is 431 g/mol. The fourth-order valence-electron chi connectivity index (χ4n) is 2.40. The maximum atomic E-state index is 12.5. The fraction of sp³-hybridized carbons (Fsp3) is 0.667. The van der Waals surface area contributed by atoms with Gasteiger partial charge in [-0.15, -0.1) is 0 Å². The number of carboxylic acid groups (broad SMARTS) is 3. The average Bonchev–Trinajstić information content (AvgIpc) is 2.65. The van der Waals surface area contributed by atoms with Crippen molar-refractivity contribution < 1.29 is 44.1 Å². The lowest BCUT2D eigenvalue weighted by Crippen LogP contribution is -2.54. The molecule has 0 saturated heterocycles. The van der Waals surface area contributed by atoms with Crippen LogP contribution >= 0.6 is 0 Å². The summed E-state index contributed by atoms with van der Waals surface area (Å²) in [6.45, 7) is 3.11. The van der Waals surface area contributed by atoms with E-state index in [1.807, 2.05) is 0 Å². The Morgan fingerprint density at radius 3 is 1.50 bits per heavy atom. The van der Waals surface area contributed by atoms with E-state index in [0.29, 0.717) is 0 Å². The van der Waals surface area contributed by atoms with Crippen LogP contribution in [0.1, 0.15) is 58.8 Å². The number of hydrogen-bond acceptors (Lipinski definition) is 6. The van der Waals surface area contributed by atoms with Crippen molar-refractivity contribution in [2.45, 2.75) is 76.9 Å². The van der Waals surface area contributed by atoms with Crippen LogP contribution in [0.15, 0.2) is 0 Å². The number of rotatable bonds is 15. The number of carboxylic acids is 3. The molecule has 0 aliphatic heterocycles. The summed E-state index contributed by atoms with van der Waals surface area (Å²) in [6.07, 6.45) is -1.28. The van der Waals surface area contributed by atoms with Gasteiger partial charge in [0, 0.05) is 31.7 Å². The van der Waals surface area contributed by atoms with Gasteiger partial charge in [0.25, 0.3) is 0 Å². The molecule has 0 aromatic heterocycles. The molecule has 3 amide bonds. The summed E-state index contributed by atoms with van der Waals surface area (Å²) < 4.78 is 0. The third-order valence-electron chi connectivity index (χ3n) is 4.08. The van der Waals surface area contributed by atoms with Gasteiger partial charge in [-0.1, -0.05) is 6.92 Å². The predicted molar refractivity (Wildman–Crippen MR) is 102 cm³/mol. The van der Waals surface area contributed by atoms with Gasteiger partial charge in [-0.05, 0) is 26.2 Å². The van der Waals surface area contributed by atoms with Gasteiger partial charge in [-0.25, -0.2) is 0 Å². The van der Waals surface area contributed by atoms with Crippen LogP contribution in [0.5, 0.6) is 0 Å². The van der Waals surface area contributed by atoms with E-state index in [9.17, 15) is 28.8 Å². The number of carbonyl (C=O) groups is 6. The van der Waals surface area contributed by atoms with Gasteiger partial charge in [0.15, 0.2) is 0 Å². The summed E-state index contributed by atoms with van der Waals surface area (Å²) >= 11 is 0. The molecule has 0 aliphatic carbocycles. The molecule has 0 aliphatic rings. The Morgan fingerprint density at radius 2 is 1.07 bits per heavy atom. The molecule has 0 heterocycles. The molecule has 3 atom stereocenters. The molecule has 0 rings (SSSR count). The number of hydrogen-bond donors (Lipinski definition) is 6. The van der Waals surface area contributed by atoms with Crippen molar-refractivity contribution in [2.24, 2.45) is 0 Å². The first kappa shape index (κ1) is 26.8. The summed E-state index contributed by atoms with van der Waals surface area (Å²) in [5.41, 5.74) is 0. The smallest absolute Gasteiger partial charge is 0.303 e. The summed E-state index contributed by atoms with van der Waals surface area (Å²) in [7, 11) is 0. The SMILES string of the molecule is CCC(=O)N[C@@H](CCC(=O)O)C(=O)N[C@@H](CCC(=O)O)C(=O)N[C@H](C)CCC(=O)O. The summed E-state index contributed by atoms with van der Waals surface area (Å²) in [5, 5.41) is 33.7. The van der Waals surface area contributed by atoms with Crippen LogP contribution in [0.3, 0.4) is 0 Å². The molecule has 6 N–H and O–H groups in total. The molecule has 0 aromatic rings. The number of amides is 3. The minimum absolute atomic E-state index is 0.0564. The molecule has 30 heavy (non-hydrogen) atoms. The van der Waals surface area contributed by atoms with Gasteiger partial charge in [-0.2, -0.15) is 0 Å². The third-order valence-corrected chi connectivity index (χ3v) is 4.08. The monoisotopic (exact) mass is 431 g/mol. The zero-order chi connectivity index (χ0) is 23.3. The van der Waals surface area contributed by atoms with Crippen LogP contribution in [0.2, 0.25) is 0 Å². The molecule has 0 bridgehead atoms. The van der Waals surface area contributed by atoms with E-state index in [4.69, 9.17) is 15.3 Å². The van der Waals surface area contributed by atoms with E-state index >= 15 is 0 Å². The topological polar surface area (TPSA) is 199 Å². The number of aliphatic carboxylic acids is 3. The first-order valence-electron chi connectivity index (χ1n) is 9.51. The fourth-order valence-corrected chi connectivity index (χ4v) is 2.40. The van der Waals surface area contributed by atoms with Gasteiger partial charge >= 0.3 is 17.9 Å². The highest BCUT2D eigenvalue weighted by Crippen LogP contribution is 2.05. The van der Waals surface area contributed by atoms with E-state index in [0.717, 1.165) is 0 Å². The lowest BCUT2D eigenvalue weighted by atomic mass is 10.1. The Labute approximate surface area is 173 Å². The van der Waals surface area contributed by atoms with Crippen molar-refractivity contribution in [1.82, 2.24) is 16.0 Å². The van der Waals surface area contributed by atoms with Gasteiger partial charge in [0.1, 0.15) is 12.1 Å². The first-order chi connectivity index (χ1) is 14.0. The highest BCUT2D eigenvalue weighted by atomic mass is 16.4. The zero-order valence-electron chi connectivity index (χ0n) is 17.0. The minimum Gasteiger partial charge on any atom is -0.481 e. The van der Waals surface area contributed by atoms with E-state index in [2.05, 4.69) is 16.0 Å². The zero-order valence-corrected chi connectivity index (χ0v) is 17.0. The Bertz CT molecular complexity index is 651. The molecular weight excluding hydrogens is 402 g/mol. The van der Waals surface area contributed by atoms with E-state index in [1.54, 1.807) is 13.8 Å². The van der Waals surface area contributed by atoms with Gasteiger partial charge in [-0.3, -0.25) is 28.8 Å². The van der Waals surface area contributed by atoms with Crippen molar-refractivity contribution in [1.29, 1.82) is 0 Å². The Kier molecular flexibility index (Phi) is 12.4. The predicted octanol–water partition coefficient (Wildman–Crippen LogP) is -0.535. The number of carbonyl (C=O) groups excluding carboxylic acids is 3. The number of nitrogens with one attached hydrogen (secondary N) is 3. The maximum absolute atomic E-state index is 12.5. The highest BCUT2D eigenvalue weighted by molar-refractivity contribution is 5.92. The Balaban J connectivity index is 5.21. The molecule has 170 valence electrons. The summed E-state index contributed by atoms with van der Waals surface area (Å²) in [5.74, 6) is -5.43. The van der Waals surface area contributed by atoms with E-state index in [-0.39, 0.29) is 32.1 Å². The second-order valence-corrected chi connectivity index (χ2v) is 6.74. The molecule has 0 unspecified atom stereocenters. The molecule has 0 aromatic carbocycles. The standard InChI is InChI=1S/C18H29N3O9/c1-3-13(22)20-11(5-8-15(25)26)18(30)21-12(6-9-16(27)28)17(29)19-10(2)4-7-14(23)24/h10-12H,3-9H2,1-2H3,(H,19,29)(H,20,22)(H,21,30)(H,23,24)(H,25,26)(H,27,28)/t10-,11+,12+/m1/s1. The van der Waals surface area contributed by atoms with E-state index < -0.39 is 66.6 Å². The van der Waals surface area contributed by atoms with Crippen LogP contribution < -0.4 is 16.0 Å². The van der Waals surface area contributed by atoms with Crippen LogP contribution in [-0.2, 0) is 28.8 Å². The van der Waals surface area contributed by atoms with Crippen molar-refractivity contribution >= 4 is 35.6 Å². The molecule has 0 fully saturated rings. The first-order valence-corrected chi connectivity index (χ1v) is 9.51. The van der Waals surface area contributed by atoms with Crippen LogP contribution in [0, 0.1) is 0 Å². The van der Waals surface area contributed by atoms with Crippen LogP contribution in [0.25, 0.3) is 0 Å². The molecule has 12 heteroatoms. The van der Waals surface area contributed by atoms with Crippen molar-refractivity contribution in [3.05, 3.63) is 0 Å². The molecule has 12 nitrogen and oxygen atoms in total. The molecular formula is C18H29N3O9. The second kappa shape index (κ2) is 13.9. The Morgan fingerprint density at radius 1 is 0.667 bits per heavy atom. The highest BCUT2D eigenvalue weighted by Gasteiger charge is 2.28. The Hall–Kier alpha value is -3.18. The van der Waals surface area contributed by atoms with Crippen LogP contribution in [0.4, 0.5) is 0 Å². The van der Waals surface area contributed by atoms with E-state index in [1.165, 1.54) is 0 Å². The van der Waals surface area contributed by atoms with Crippen molar-refractivity contribution in [3.63, 3.8) is 0 Å². The summed E-state index contributed by atoms with van der Waals surface area (Å²) in [4.78, 5) is 69.0. The largest absolute Gasteiger partial charge is 0.481 e. The summed E-state index contributed by atoms with van der Waals surface area (Å²) in [6, 6.07) is -3.01. The normalized spacial score (nSPS) is 13.4. The minimum atomic E-state index is -1.26. The second-order valence-electron chi connectivity index (χ2n) is 6.74. The van der Waals surface area contributed by atoms with Gasteiger partial charge < -0.3 is 31.3 Å². The van der Waals surface area contributed by atoms with Gasteiger partial charge in [0.2, 0.25) is 17.7 Å². The van der Waals surface area contributed by atoms with Crippen molar-refractivity contribution in [2.75, 3.05) is 0 Å². The lowest BCUT2D eigenvalue weighted by molar-refractivity contribution is -0.139.